The largest absolute Gasteiger partial charge is 0.457 e. The van der Waals surface area contributed by atoms with Gasteiger partial charge in [0.15, 0.2) is 0 Å². The first-order chi connectivity index (χ1) is 16.8. The van der Waals surface area contributed by atoms with Gasteiger partial charge in [0.05, 0.1) is 11.8 Å². The van der Waals surface area contributed by atoms with Crippen LogP contribution >= 0.6 is 0 Å². The maximum absolute atomic E-state index is 12.2. The Morgan fingerprint density at radius 1 is 1.11 bits per heavy atom. The second kappa shape index (κ2) is 10.0. The van der Waals surface area contributed by atoms with Gasteiger partial charge in [-0.25, -0.2) is 0 Å². The number of hydrogen-bond acceptors (Lipinski definition) is 5. The number of hydrogen-bond donors (Lipinski definition) is 3. The number of benzene rings is 2. The van der Waals surface area contributed by atoms with Gasteiger partial charge < -0.3 is 26.5 Å². The highest BCUT2D eigenvalue weighted by molar-refractivity contribution is 6.24. The summed E-state index contributed by atoms with van der Waals surface area (Å²) in [5, 5.41) is 8.57. The number of para-hydroxylation sites is 1. The molecule has 1 aliphatic carbocycles. The molecular weight excluding hydrogens is 442 g/mol. The van der Waals surface area contributed by atoms with Crippen molar-refractivity contribution in [2.75, 3.05) is 13.1 Å². The Bertz CT molecular complexity index is 1200. The summed E-state index contributed by atoms with van der Waals surface area (Å²) in [6.45, 7) is 3.01. The maximum Gasteiger partial charge on any atom is 0.298 e. The molecule has 0 radical (unpaired) electrons. The zero-order valence-electron chi connectivity index (χ0n) is 19.7. The maximum atomic E-state index is 12.2. The average Bonchev–Trinajstić information content (AvgIpc) is 3.26. The molecule has 1 atom stereocenters. The molecule has 1 heterocycles. The molecule has 2 aromatic carbocycles. The average molecular weight is 472 g/mol. The minimum absolute atomic E-state index is 0.00479. The van der Waals surface area contributed by atoms with E-state index in [0.29, 0.717) is 30.2 Å². The lowest BCUT2D eigenvalue weighted by Crippen LogP contribution is -2.46. The molecule has 2 amide bonds. The van der Waals surface area contributed by atoms with Crippen LogP contribution in [0.1, 0.15) is 31.7 Å². The van der Waals surface area contributed by atoms with Crippen molar-refractivity contribution in [3.63, 3.8) is 0 Å². The summed E-state index contributed by atoms with van der Waals surface area (Å²) in [5.41, 5.74) is 12.4. The van der Waals surface area contributed by atoms with Crippen molar-refractivity contribution in [3.8, 4) is 23.3 Å². The van der Waals surface area contributed by atoms with Gasteiger partial charge in [-0.1, -0.05) is 24.1 Å². The highest BCUT2D eigenvalue weighted by Gasteiger charge is 2.49. The minimum atomic E-state index is -1.12. The second-order valence-electron chi connectivity index (χ2n) is 9.16. The van der Waals surface area contributed by atoms with Crippen LogP contribution in [0.5, 0.6) is 11.5 Å². The molecule has 1 saturated carbocycles. The fourth-order valence-corrected chi connectivity index (χ4v) is 4.87. The van der Waals surface area contributed by atoms with E-state index in [4.69, 9.17) is 21.6 Å². The van der Waals surface area contributed by atoms with Gasteiger partial charge in [-0.3, -0.25) is 14.6 Å². The van der Waals surface area contributed by atoms with Gasteiger partial charge in [0.1, 0.15) is 23.3 Å². The van der Waals surface area contributed by atoms with Gasteiger partial charge in [0.2, 0.25) is 5.91 Å². The van der Waals surface area contributed by atoms with E-state index < -0.39 is 11.8 Å². The summed E-state index contributed by atoms with van der Waals surface area (Å²) in [4.78, 5) is 30.6. The Labute approximate surface area is 204 Å². The fourth-order valence-electron chi connectivity index (χ4n) is 4.87. The monoisotopic (exact) mass is 471 g/mol. The van der Waals surface area contributed by atoms with Crippen LogP contribution in [0, 0.1) is 28.6 Å². The molecule has 1 saturated heterocycles. The Morgan fingerprint density at radius 3 is 2.40 bits per heavy atom. The molecule has 1 spiro atoms. The van der Waals surface area contributed by atoms with Crippen LogP contribution in [-0.4, -0.2) is 47.4 Å². The molecule has 2 aliphatic rings. The van der Waals surface area contributed by atoms with Gasteiger partial charge in [-0.15, -0.1) is 0 Å². The van der Waals surface area contributed by atoms with Crippen molar-refractivity contribution >= 4 is 23.4 Å². The summed E-state index contributed by atoms with van der Waals surface area (Å²) in [6, 6.07) is 16.2. The molecule has 4 rings (SSSR count). The molecular formula is C27H29N5O3. The SMILES string of the molecule is CC#CC(=O)N1CCC2(CC(N=C(N)C(C(=N)c3ccc(Oc4ccccc4)cc3)C(N)=O)C2)C1. The lowest BCUT2D eigenvalue weighted by molar-refractivity contribution is -0.125. The molecule has 5 N–H and O–H groups in total. The summed E-state index contributed by atoms with van der Waals surface area (Å²) >= 11 is 0. The van der Waals surface area contributed by atoms with E-state index in [-0.39, 0.29) is 28.9 Å². The summed E-state index contributed by atoms with van der Waals surface area (Å²) < 4.78 is 5.78. The number of amides is 2. The number of amidine groups is 1. The first-order valence-corrected chi connectivity index (χ1v) is 11.6. The number of primary amides is 1. The lowest BCUT2D eigenvalue weighted by Gasteiger charge is -2.43. The predicted octanol–water partition coefficient (Wildman–Crippen LogP) is 2.71. The van der Waals surface area contributed by atoms with Gasteiger partial charge >= 0.3 is 0 Å². The highest BCUT2D eigenvalue weighted by Crippen LogP contribution is 2.49. The normalized spacial score (nSPS) is 22.0. The summed E-state index contributed by atoms with van der Waals surface area (Å²) in [5.74, 6) is 4.64. The van der Waals surface area contributed by atoms with Gasteiger partial charge in [0, 0.05) is 13.1 Å². The van der Waals surface area contributed by atoms with Crippen molar-refractivity contribution in [1.82, 2.24) is 4.90 Å². The van der Waals surface area contributed by atoms with Crippen molar-refractivity contribution in [1.29, 1.82) is 5.41 Å². The second-order valence-corrected chi connectivity index (χ2v) is 9.16. The fraction of sp³-hybridized carbons (Fsp3) is 0.333. The van der Waals surface area contributed by atoms with Crippen LogP contribution in [0.15, 0.2) is 59.6 Å². The molecule has 8 nitrogen and oxygen atoms in total. The van der Waals surface area contributed by atoms with E-state index in [1.54, 1.807) is 36.1 Å². The molecule has 2 aromatic rings. The number of likely N-dealkylation sites (tertiary alicyclic amines) is 1. The van der Waals surface area contributed by atoms with E-state index in [9.17, 15) is 9.59 Å². The topological polar surface area (TPSA) is 135 Å². The van der Waals surface area contributed by atoms with E-state index in [1.807, 2.05) is 30.3 Å². The number of nitrogens with two attached hydrogens (primary N) is 2. The van der Waals surface area contributed by atoms with Crippen molar-refractivity contribution in [2.45, 2.75) is 32.2 Å². The molecule has 1 unspecified atom stereocenters. The van der Waals surface area contributed by atoms with E-state index in [0.717, 1.165) is 19.3 Å². The quantitative estimate of drug-likeness (QED) is 0.325. The Morgan fingerprint density at radius 2 is 1.77 bits per heavy atom. The molecule has 35 heavy (non-hydrogen) atoms. The molecule has 8 heteroatoms. The van der Waals surface area contributed by atoms with Crippen LogP contribution in [0.2, 0.25) is 0 Å². The van der Waals surface area contributed by atoms with Crippen LogP contribution in [0.25, 0.3) is 0 Å². The van der Waals surface area contributed by atoms with Gasteiger partial charge in [0.25, 0.3) is 5.91 Å². The number of nitrogens with zero attached hydrogens (tertiary/aromatic N) is 2. The summed E-state index contributed by atoms with van der Waals surface area (Å²) in [6.07, 6.45) is 2.46. The minimum Gasteiger partial charge on any atom is -0.457 e. The van der Waals surface area contributed by atoms with Gasteiger partial charge in [-0.05, 0) is 79.5 Å². The van der Waals surface area contributed by atoms with Crippen LogP contribution in [0.4, 0.5) is 0 Å². The standard InChI is InChI=1S/C27H29N5O3/c1-2-6-22(33)32-14-13-27(17-32)15-19(16-27)31-25(29)23(26(30)34)24(28)18-9-11-21(12-10-18)35-20-7-4-3-5-8-20/h3-5,7-12,19,23,28H,13-17H2,1H3,(H2,29,31)(H2,30,34). The van der Waals surface area contributed by atoms with E-state index in [2.05, 4.69) is 16.8 Å². The third-order valence-electron chi connectivity index (χ3n) is 6.64. The predicted molar refractivity (Wildman–Crippen MR) is 134 cm³/mol. The Hall–Kier alpha value is -4.12. The van der Waals surface area contributed by atoms with Crippen molar-refractivity contribution in [3.05, 3.63) is 60.2 Å². The van der Waals surface area contributed by atoms with E-state index in [1.165, 1.54) is 0 Å². The first kappa shape index (κ1) is 24.0. The highest BCUT2D eigenvalue weighted by atomic mass is 16.5. The molecule has 0 bridgehead atoms. The number of aliphatic imine (C=N–C) groups is 1. The first-order valence-electron chi connectivity index (χ1n) is 11.6. The third-order valence-corrected chi connectivity index (χ3v) is 6.64. The smallest absolute Gasteiger partial charge is 0.298 e. The molecule has 1 aliphatic heterocycles. The zero-order chi connectivity index (χ0) is 25.0. The number of carbonyl (C=O) groups excluding carboxylic acids is 2. The molecule has 2 fully saturated rings. The number of nitrogens with one attached hydrogen (secondary N) is 1. The van der Waals surface area contributed by atoms with Crippen molar-refractivity contribution in [2.24, 2.45) is 27.8 Å². The molecule has 180 valence electrons. The molecule has 0 aromatic heterocycles. The third kappa shape index (κ3) is 5.35. The number of rotatable bonds is 7. The lowest BCUT2D eigenvalue weighted by atomic mass is 9.65. The summed E-state index contributed by atoms with van der Waals surface area (Å²) in [7, 11) is 0. The van der Waals surface area contributed by atoms with Crippen LogP contribution in [-0.2, 0) is 9.59 Å². The van der Waals surface area contributed by atoms with Gasteiger partial charge in [-0.2, -0.15) is 0 Å². The number of carbonyl (C=O) groups is 2. The van der Waals surface area contributed by atoms with Crippen LogP contribution < -0.4 is 16.2 Å². The zero-order valence-corrected chi connectivity index (χ0v) is 19.7. The Balaban J connectivity index is 1.39. The number of ether oxygens (including phenoxy) is 1. The Kier molecular flexibility index (Phi) is 6.87. The van der Waals surface area contributed by atoms with Crippen LogP contribution in [0.3, 0.4) is 0 Å². The van der Waals surface area contributed by atoms with E-state index >= 15 is 0 Å². The van der Waals surface area contributed by atoms with Crippen molar-refractivity contribution < 1.29 is 14.3 Å².